The molecular formula is C22H26N2O3. The van der Waals surface area contributed by atoms with Crippen molar-refractivity contribution in [1.29, 1.82) is 0 Å². The van der Waals surface area contributed by atoms with Crippen LogP contribution in [0.5, 0.6) is 0 Å². The first-order valence-corrected chi connectivity index (χ1v) is 9.45. The normalized spacial score (nSPS) is 16.3. The largest absolute Gasteiger partial charge is 0.392 e. The van der Waals surface area contributed by atoms with Crippen molar-refractivity contribution in [2.75, 3.05) is 18.4 Å². The molecule has 5 heteroatoms. The maximum atomic E-state index is 12.4. The van der Waals surface area contributed by atoms with Gasteiger partial charge in [0.25, 0.3) is 0 Å². The molecule has 1 atom stereocenters. The van der Waals surface area contributed by atoms with Gasteiger partial charge in [-0.05, 0) is 42.0 Å². The molecular weight excluding hydrogens is 340 g/mol. The molecule has 0 saturated carbocycles. The van der Waals surface area contributed by atoms with Gasteiger partial charge in [-0.2, -0.15) is 0 Å². The second kappa shape index (κ2) is 9.33. The van der Waals surface area contributed by atoms with Gasteiger partial charge >= 0.3 is 0 Å². The molecule has 27 heavy (non-hydrogen) atoms. The van der Waals surface area contributed by atoms with Gasteiger partial charge in [-0.1, -0.05) is 42.5 Å². The monoisotopic (exact) mass is 366 g/mol. The smallest absolute Gasteiger partial charge is 0.224 e. The number of nitrogens with one attached hydrogen (secondary N) is 1. The van der Waals surface area contributed by atoms with Gasteiger partial charge in [0.1, 0.15) is 0 Å². The van der Waals surface area contributed by atoms with Crippen LogP contribution in [0.15, 0.2) is 54.6 Å². The van der Waals surface area contributed by atoms with E-state index in [1.165, 1.54) is 5.56 Å². The number of aliphatic hydroxyl groups is 1. The van der Waals surface area contributed by atoms with Crippen LogP contribution in [-0.2, 0) is 22.6 Å². The Hall–Kier alpha value is -2.66. The fourth-order valence-corrected chi connectivity index (χ4v) is 3.54. The average molecular weight is 366 g/mol. The van der Waals surface area contributed by atoms with Crippen LogP contribution >= 0.6 is 0 Å². The Labute approximate surface area is 160 Å². The van der Waals surface area contributed by atoms with Gasteiger partial charge in [0.15, 0.2) is 0 Å². The quantitative estimate of drug-likeness (QED) is 0.791. The van der Waals surface area contributed by atoms with Gasteiger partial charge in [-0.15, -0.1) is 0 Å². The number of likely N-dealkylation sites (tertiary alicyclic amines) is 1. The van der Waals surface area contributed by atoms with Crippen molar-refractivity contribution in [3.05, 3.63) is 65.7 Å². The molecule has 0 aromatic heterocycles. The highest BCUT2D eigenvalue weighted by molar-refractivity contribution is 5.93. The minimum Gasteiger partial charge on any atom is -0.392 e. The van der Waals surface area contributed by atoms with E-state index in [2.05, 4.69) is 11.4 Å². The molecule has 5 nitrogen and oxygen atoms in total. The molecule has 0 aliphatic carbocycles. The Balaban J connectivity index is 1.42. The van der Waals surface area contributed by atoms with Crippen LogP contribution in [0.4, 0.5) is 5.69 Å². The fourth-order valence-electron chi connectivity index (χ4n) is 3.54. The molecule has 3 rings (SSSR count). The lowest BCUT2D eigenvalue weighted by Crippen LogP contribution is -2.29. The molecule has 2 aromatic carbocycles. The lowest BCUT2D eigenvalue weighted by atomic mass is 9.97. The van der Waals surface area contributed by atoms with E-state index in [0.29, 0.717) is 5.92 Å². The maximum absolute atomic E-state index is 12.4. The van der Waals surface area contributed by atoms with E-state index in [1.54, 1.807) is 0 Å². The summed E-state index contributed by atoms with van der Waals surface area (Å²) in [5, 5.41) is 12.1. The first-order chi connectivity index (χ1) is 13.1. The van der Waals surface area contributed by atoms with Crippen LogP contribution in [0, 0.1) is 5.92 Å². The van der Waals surface area contributed by atoms with Crippen molar-refractivity contribution in [1.82, 2.24) is 4.90 Å². The molecule has 2 aromatic rings. The fraction of sp³-hybridized carbons (Fsp3) is 0.364. The second-order valence-electron chi connectivity index (χ2n) is 7.09. The van der Waals surface area contributed by atoms with Gasteiger partial charge in [0, 0.05) is 31.6 Å². The minimum atomic E-state index is -0.133. The molecule has 1 heterocycles. The first kappa shape index (κ1) is 19.1. The molecule has 0 radical (unpaired) electrons. The van der Waals surface area contributed by atoms with E-state index < -0.39 is 0 Å². The molecule has 2 amide bonds. The molecule has 0 bridgehead atoms. The summed E-state index contributed by atoms with van der Waals surface area (Å²) in [6, 6.07) is 17.2. The van der Waals surface area contributed by atoms with Crippen LogP contribution in [-0.4, -0.2) is 34.9 Å². The number of rotatable bonds is 7. The predicted molar refractivity (Wildman–Crippen MR) is 105 cm³/mol. The zero-order chi connectivity index (χ0) is 19.1. The van der Waals surface area contributed by atoms with Crippen LogP contribution in [0.3, 0.4) is 0 Å². The Kier molecular flexibility index (Phi) is 6.60. The number of anilines is 1. The summed E-state index contributed by atoms with van der Waals surface area (Å²) < 4.78 is 0. The molecule has 1 fully saturated rings. The Morgan fingerprint density at radius 3 is 2.59 bits per heavy atom. The number of hydrogen-bond acceptors (Lipinski definition) is 3. The van der Waals surface area contributed by atoms with Crippen LogP contribution in [0.25, 0.3) is 0 Å². The summed E-state index contributed by atoms with van der Waals surface area (Å²) in [7, 11) is 0. The topological polar surface area (TPSA) is 69.6 Å². The number of hydrogen-bond donors (Lipinski definition) is 2. The molecule has 142 valence electrons. The number of aliphatic hydroxyl groups excluding tert-OH is 1. The zero-order valence-corrected chi connectivity index (χ0v) is 15.4. The van der Waals surface area contributed by atoms with Crippen molar-refractivity contribution in [2.45, 2.75) is 32.3 Å². The lowest BCUT2D eigenvalue weighted by molar-refractivity contribution is -0.132. The van der Waals surface area contributed by atoms with E-state index >= 15 is 0 Å². The van der Waals surface area contributed by atoms with Crippen LogP contribution in [0.1, 0.15) is 30.4 Å². The number of carbonyl (C=O) groups is 2. The summed E-state index contributed by atoms with van der Waals surface area (Å²) in [5.74, 6) is 0.344. The molecule has 1 aliphatic rings. The highest BCUT2D eigenvalue weighted by Gasteiger charge is 2.26. The third-order valence-corrected chi connectivity index (χ3v) is 4.96. The van der Waals surface area contributed by atoms with Crippen molar-refractivity contribution < 1.29 is 14.7 Å². The standard InChI is InChI=1S/C22H26N2O3/c25-16-19-6-4-5-17(14-19)13-18-11-12-24(15-18)22(27)10-9-21(26)23-20-7-2-1-3-8-20/h1-8,14,18,25H,9-13,15-16H2,(H,23,26)/t18-/m0/s1. The number of amides is 2. The summed E-state index contributed by atoms with van der Waals surface area (Å²) in [6.07, 6.45) is 2.33. The summed E-state index contributed by atoms with van der Waals surface area (Å²) in [6.45, 7) is 1.54. The van der Waals surface area contributed by atoms with Crippen molar-refractivity contribution in [3.63, 3.8) is 0 Å². The van der Waals surface area contributed by atoms with E-state index in [0.717, 1.165) is 37.2 Å². The minimum absolute atomic E-state index is 0.0461. The van der Waals surface area contributed by atoms with E-state index in [1.807, 2.05) is 53.4 Å². The maximum Gasteiger partial charge on any atom is 0.224 e. The van der Waals surface area contributed by atoms with Gasteiger partial charge in [-0.25, -0.2) is 0 Å². The number of nitrogens with zero attached hydrogens (tertiary/aromatic N) is 1. The number of benzene rings is 2. The summed E-state index contributed by atoms with van der Waals surface area (Å²) in [5.41, 5.74) is 2.87. The van der Waals surface area contributed by atoms with Gasteiger partial charge < -0.3 is 15.3 Å². The number of carbonyl (C=O) groups excluding carboxylic acids is 2. The Morgan fingerprint density at radius 1 is 1.04 bits per heavy atom. The van der Waals surface area contributed by atoms with E-state index in [9.17, 15) is 14.7 Å². The first-order valence-electron chi connectivity index (χ1n) is 9.45. The van der Waals surface area contributed by atoms with Gasteiger partial charge in [-0.3, -0.25) is 9.59 Å². The van der Waals surface area contributed by atoms with Crippen LogP contribution < -0.4 is 5.32 Å². The summed E-state index contributed by atoms with van der Waals surface area (Å²) in [4.78, 5) is 26.3. The highest BCUT2D eigenvalue weighted by atomic mass is 16.3. The second-order valence-corrected chi connectivity index (χ2v) is 7.09. The SMILES string of the molecule is O=C(CCC(=O)N1CC[C@@H](Cc2cccc(CO)c2)C1)Nc1ccccc1. The van der Waals surface area contributed by atoms with Gasteiger partial charge in [0.05, 0.1) is 6.61 Å². The van der Waals surface area contributed by atoms with E-state index in [4.69, 9.17) is 0 Å². The zero-order valence-electron chi connectivity index (χ0n) is 15.4. The Morgan fingerprint density at radius 2 is 1.81 bits per heavy atom. The average Bonchev–Trinajstić information content (AvgIpc) is 3.15. The van der Waals surface area contributed by atoms with Crippen molar-refractivity contribution in [2.24, 2.45) is 5.92 Å². The Bertz CT molecular complexity index is 776. The third kappa shape index (κ3) is 5.66. The third-order valence-electron chi connectivity index (χ3n) is 4.96. The molecule has 1 aliphatic heterocycles. The molecule has 0 unspecified atom stereocenters. The van der Waals surface area contributed by atoms with Crippen molar-refractivity contribution >= 4 is 17.5 Å². The summed E-state index contributed by atoms with van der Waals surface area (Å²) >= 11 is 0. The molecule has 0 spiro atoms. The van der Waals surface area contributed by atoms with Crippen molar-refractivity contribution in [3.8, 4) is 0 Å². The highest BCUT2D eigenvalue weighted by Crippen LogP contribution is 2.22. The van der Waals surface area contributed by atoms with Crippen LogP contribution in [0.2, 0.25) is 0 Å². The van der Waals surface area contributed by atoms with Gasteiger partial charge in [0.2, 0.25) is 11.8 Å². The lowest BCUT2D eigenvalue weighted by Gasteiger charge is -2.17. The molecule has 2 N–H and O–H groups in total. The van der Waals surface area contributed by atoms with E-state index in [-0.39, 0.29) is 31.3 Å². The number of para-hydroxylation sites is 1. The predicted octanol–water partition coefficient (Wildman–Crippen LogP) is 2.99. The molecule has 1 saturated heterocycles.